The van der Waals surface area contributed by atoms with Crippen LogP contribution in [0, 0.1) is 35.9 Å². The number of fused-ring (bicyclic) bond motifs is 14. The summed E-state index contributed by atoms with van der Waals surface area (Å²) in [6, 6.07) is 60.0. The van der Waals surface area contributed by atoms with Gasteiger partial charge in [-0.15, -0.1) is 106 Å². The standard InChI is InChI=1S/C25H14F6N.C24H13F5N.2C22H14F6N.4Pt/c1-23(25(29,30)31)20-10-15(22-11-14-4-2-3-5-16(14)13-32-22)6-8-18(20)19-9-7-17(12-21(19)23)24(26,27)28;1-23(24(27,28)29)19-10-14(22-16-5-3-2-4-13(16)8-9-30-22)6-7-17(19)18-11-15(25)12-20(26)21(18)23;1-2-13-6-5-11-29-19(13)14-9-10-16-15-7-3-4-8-17(15)20(18(16)12-14,21(23,24)25)22(26,27)28;1-2-13-9-10-29-19(11-13)14-7-8-16-15-5-3-4-6-17(15)20(18(16)12-14,21(23,24)25)22(26,27)28;;;;/h2-5,7-13H,1H3;2-5,7-12H,1H3;3-8,10-12H,2H2,1H3;3-6,8-12H,2H2,1H3;;;;/q4*-1;;;;. The van der Waals surface area contributed by atoms with Crippen molar-refractivity contribution in [2.24, 2.45) is 0 Å². The van der Waals surface area contributed by atoms with Crippen molar-refractivity contribution in [2.45, 2.75) is 105 Å². The first-order valence-corrected chi connectivity index (χ1v) is 36.6. The van der Waals surface area contributed by atoms with Crippen molar-refractivity contribution in [3.63, 3.8) is 0 Å². The molecule has 4 heterocycles. The number of alkyl halides is 21. The van der Waals surface area contributed by atoms with Crippen LogP contribution in [0.3, 0.4) is 0 Å². The van der Waals surface area contributed by atoms with Crippen molar-refractivity contribution in [3.8, 4) is 89.5 Å². The zero-order valence-electron chi connectivity index (χ0n) is 63.7. The molecule has 0 saturated heterocycles. The number of aromatic nitrogens is 4. The number of hydrogen-bond donors (Lipinski definition) is 0. The maximum absolute atomic E-state index is 14.6. The second-order valence-electron chi connectivity index (χ2n) is 29.2. The van der Waals surface area contributed by atoms with Gasteiger partial charge in [0.05, 0.1) is 16.4 Å². The summed E-state index contributed by atoms with van der Waals surface area (Å²) >= 11 is 0. The number of benzene rings is 10. The molecule has 10 aromatic carbocycles. The van der Waals surface area contributed by atoms with Crippen LogP contribution in [0.25, 0.3) is 111 Å². The first-order chi connectivity index (χ1) is 56.4. The van der Waals surface area contributed by atoms with Crippen molar-refractivity contribution >= 4 is 21.5 Å². The van der Waals surface area contributed by atoms with Crippen LogP contribution in [0.1, 0.15) is 88.9 Å². The zero-order valence-corrected chi connectivity index (χ0v) is 72.8. The SMILES string of the molecule is CC1(C(F)(F)F)c2cc(-c3cc4ccccc4cn3)[c-]cc2-c2ccc(C(F)(F)F)cc21.CC1(C(F)(F)F)c2cc(-c3nccc4ccccc34)[c-]cc2-c2cc(F)cc(F)c21.CCc1cccnc1-c1[c-]cc2c(c1)C(C(F)(F)F)(C(F)(F)F)c1ccccc1-2.CCc1ccnc(-c2[c-]cc3c(c2)C(C(F)(F)F)(C(F)(F)F)c2ccccc2-3)c1.[Pt].[Pt].[Pt].[Pt]. The molecule has 0 N–H and O–H groups in total. The molecule has 0 saturated carbocycles. The van der Waals surface area contributed by atoms with Crippen LogP contribution in [-0.4, -0.2) is 57.0 Å². The molecule has 124 heavy (non-hydrogen) atoms. The Morgan fingerprint density at radius 3 is 1.30 bits per heavy atom. The Labute approximate surface area is 750 Å². The second-order valence-corrected chi connectivity index (χ2v) is 29.2. The quantitative estimate of drug-likeness (QED) is 0.123. The maximum atomic E-state index is 14.6. The van der Waals surface area contributed by atoms with Gasteiger partial charge in [-0.05, 0) is 124 Å². The van der Waals surface area contributed by atoms with Crippen molar-refractivity contribution in [1.82, 2.24) is 19.9 Å². The Morgan fingerprint density at radius 2 is 0.758 bits per heavy atom. The summed E-state index contributed by atoms with van der Waals surface area (Å²) < 4.78 is 324. The predicted octanol–water partition coefficient (Wildman–Crippen LogP) is 27.4. The van der Waals surface area contributed by atoms with E-state index in [1.54, 1.807) is 48.8 Å². The summed E-state index contributed by atoms with van der Waals surface area (Å²) in [4.78, 5) is 17.0. The topological polar surface area (TPSA) is 51.6 Å². The molecule has 0 spiro atoms. The van der Waals surface area contributed by atoms with E-state index in [0.29, 0.717) is 58.7 Å². The minimum Gasteiger partial charge on any atom is -0.305 e. The van der Waals surface area contributed by atoms with E-state index in [4.69, 9.17) is 0 Å². The summed E-state index contributed by atoms with van der Waals surface area (Å²) in [6.45, 7) is 5.58. The summed E-state index contributed by atoms with van der Waals surface area (Å²) in [7, 11) is 0. The van der Waals surface area contributed by atoms with E-state index >= 15 is 0 Å². The third kappa shape index (κ3) is 15.6. The second kappa shape index (κ2) is 34.3. The average molecular weight is 2450 g/mol. The fourth-order valence-corrected chi connectivity index (χ4v) is 16.7. The average Bonchev–Trinajstić information content (AvgIpc) is 1.54. The Morgan fingerprint density at radius 1 is 0.323 bits per heavy atom. The normalized spacial score (nSPS) is 16.0. The van der Waals surface area contributed by atoms with E-state index in [0.717, 1.165) is 83.4 Å². The molecule has 2 atom stereocenters. The molecule has 18 rings (SSSR count). The van der Waals surface area contributed by atoms with Gasteiger partial charge in [0.1, 0.15) is 11.6 Å². The Kier molecular flexibility index (Phi) is 26.3. The van der Waals surface area contributed by atoms with Crippen molar-refractivity contribution < 1.29 is 185 Å². The molecule has 4 aliphatic rings. The van der Waals surface area contributed by atoms with Crippen molar-refractivity contribution in [1.29, 1.82) is 0 Å². The van der Waals surface area contributed by atoms with Crippen LogP contribution in [0.4, 0.5) is 101 Å². The zero-order chi connectivity index (χ0) is 86.2. The van der Waals surface area contributed by atoms with Crippen LogP contribution in [0.15, 0.2) is 237 Å². The van der Waals surface area contributed by atoms with Crippen LogP contribution in [0.5, 0.6) is 0 Å². The Bertz CT molecular complexity index is 6380. The van der Waals surface area contributed by atoms with Gasteiger partial charge in [-0.3, -0.25) is 0 Å². The molecule has 0 fully saturated rings. The number of pyridine rings is 4. The van der Waals surface area contributed by atoms with Gasteiger partial charge in [-0.2, -0.15) is 92.2 Å². The monoisotopic (exact) mass is 2440 g/mol. The van der Waals surface area contributed by atoms with Gasteiger partial charge in [0, 0.05) is 121 Å². The molecular formula is C93H55F23N4Pt4-4. The van der Waals surface area contributed by atoms with Gasteiger partial charge in [-0.25, -0.2) is 8.78 Å². The van der Waals surface area contributed by atoms with Crippen molar-refractivity contribution in [3.05, 3.63) is 334 Å². The number of aryl methyl sites for hydroxylation is 2. The van der Waals surface area contributed by atoms with Crippen molar-refractivity contribution in [2.75, 3.05) is 0 Å². The fourth-order valence-electron chi connectivity index (χ4n) is 16.7. The van der Waals surface area contributed by atoms with Gasteiger partial charge in [-0.1, -0.05) is 202 Å². The van der Waals surface area contributed by atoms with E-state index in [9.17, 15) is 101 Å². The molecule has 4 aromatic heterocycles. The first-order valence-electron chi connectivity index (χ1n) is 36.6. The molecule has 4 aliphatic carbocycles. The van der Waals surface area contributed by atoms with E-state index in [-0.39, 0.29) is 157 Å². The molecule has 0 aliphatic heterocycles. The van der Waals surface area contributed by atoms with Gasteiger partial charge in [0.15, 0.2) is 10.8 Å². The number of rotatable bonds is 6. The number of hydrogen-bond acceptors (Lipinski definition) is 4. The summed E-state index contributed by atoms with van der Waals surface area (Å²) in [5.74, 6) is -2.14. The third-order valence-corrected chi connectivity index (χ3v) is 22.7. The number of nitrogens with zero attached hydrogens (tertiary/aromatic N) is 4. The first kappa shape index (κ1) is 95.1. The maximum Gasteiger partial charge on any atom is 0.416 e. The number of halogens is 23. The van der Waals surface area contributed by atoms with E-state index in [1.807, 2.05) is 62.4 Å². The third-order valence-electron chi connectivity index (χ3n) is 22.7. The van der Waals surface area contributed by atoms with Crippen LogP contribution >= 0.6 is 0 Å². The molecular weight excluding hydrogens is 2390 g/mol. The largest absolute Gasteiger partial charge is 0.416 e. The van der Waals surface area contributed by atoms with E-state index in [2.05, 4.69) is 44.2 Å². The molecule has 652 valence electrons. The minimum absolute atomic E-state index is 0. The molecule has 2 unspecified atom stereocenters. The molecule has 14 aromatic rings. The van der Waals surface area contributed by atoms with Gasteiger partial charge >= 0.3 is 43.2 Å². The molecule has 0 radical (unpaired) electrons. The summed E-state index contributed by atoms with van der Waals surface area (Å²) in [5.41, 5.74) is -15.1. The summed E-state index contributed by atoms with van der Waals surface area (Å²) in [5, 5.41) is 3.39. The molecule has 0 bridgehead atoms. The molecule has 0 amide bonds. The molecule has 31 heteroatoms. The van der Waals surface area contributed by atoms with E-state index in [1.165, 1.54) is 85.2 Å². The minimum atomic E-state index is -5.58. The van der Waals surface area contributed by atoms with E-state index < -0.39 is 115 Å². The summed E-state index contributed by atoms with van der Waals surface area (Å²) in [6.07, 6.45) is -29.4. The van der Waals surface area contributed by atoms with Crippen LogP contribution < -0.4 is 0 Å². The predicted molar refractivity (Wildman–Crippen MR) is 405 cm³/mol. The van der Waals surface area contributed by atoms with Gasteiger partial charge in [0.25, 0.3) is 0 Å². The Hall–Kier alpha value is -9.54. The van der Waals surface area contributed by atoms with Crippen LogP contribution in [-0.2, 0) is 125 Å². The fraction of sp³-hybridized carbons (Fsp3) is 0.183. The Balaban J connectivity index is 0.000000159. The van der Waals surface area contributed by atoms with Gasteiger partial charge in [0.2, 0.25) is 0 Å². The van der Waals surface area contributed by atoms with Crippen LogP contribution in [0.2, 0.25) is 0 Å². The van der Waals surface area contributed by atoms with Gasteiger partial charge < -0.3 is 19.9 Å². The smallest absolute Gasteiger partial charge is 0.305 e. The molecule has 4 nitrogen and oxygen atoms in total.